The Hall–Kier alpha value is -2.64. The monoisotopic (exact) mass is 383 g/mol. The average Bonchev–Trinajstić information content (AvgIpc) is 3.22. The molecule has 28 heavy (non-hydrogen) atoms. The summed E-state index contributed by atoms with van der Waals surface area (Å²) >= 11 is 0. The Morgan fingerprint density at radius 2 is 2.04 bits per heavy atom. The van der Waals surface area contributed by atoms with Crippen LogP contribution >= 0.6 is 0 Å². The third-order valence-corrected chi connectivity index (χ3v) is 5.13. The molecule has 2 aliphatic rings. The molecule has 0 bridgehead atoms. The first-order valence-corrected chi connectivity index (χ1v) is 9.66. The number of rotatable bonds is 7. The molecule has 7 nitrogen and oxygen atoms in total. The zero-order valence-electron chi connectivity index (χ0n) is 15.8. The van der Waals surface area contributed by atoms with Gasteiger partial charge < -0.3 is 19.5 Å². The largest absolute Gasteiger partial charge is 0.454 e. The topological polar surface area (TPSA) is 72.9 Å². The van der Waals surface area contributed by atoms with Gasteiger partial charge in [-0.05, 0) is 35.7 Å². The van der Waals surface area contributed by atoms with Gasteiger partial charge in [0.2, 0.25) is 12.7 Å². The molecule has 3 heterocycles. The van der Waals surface area contributed by atoms with E-state index in [4.69, 9.17) is 14.2 Å². The van der Waals surface area contributed by atoms with Crippen LogP contribution in [0, 0.1) is 0 Å². The summed E-state index contributed by atoms with van der Waals surface area (Å²) in [7, 11) is 0. The lowest BCUT2D eigenvalue weighted by atomic mass is 10.1. The molecule has 1 unspecified atom stereocenters. The summed E-state index contributed by atoms with van der Waals surface area (Å²) in [6.45, 7) is 3.96. The molecule has 7 heteroatoms. The number of pyridine rings is 1. The number of ether oxygens (including phenoxy) is 3. The van der Waals surface area contributed by atoms with Gasteiger partial charge in [-0.15, -0.1) is 0 Å². The first kappa shape index (κ1) is 18.7. The molecular formula is C21H25N3O4. The number of benzene rings is 1. The first-order chi connectivity index (χ1) is 13.8. The first-order valence-electron chi connectivity index (χ1n) is 9.66. The van der Waals surface area contributed by atoms with E-state index in [-0.39, 0.29) is 18.7 Å². The maximum atomic E-state index is 12.4. The molecule has 4 rings (SSSR count). The third kappa shape index (κ3) is 4.61. The van der Waals surface area contributed by atoms with Crippen LogP contribution in [0.4, 0.5) is 0 Å². The second kappa shape index (κ2) is 9.03. The Balaban J connectivity index is 1.32. The number of morpholine rings is 1. The van der Waals surface area contributed by atoms with Crippen molar-refractivity contribution in [3.05, 3.63) is 53.9 Å². The van der Waals surface area contributed by atoms with Crippen LogP contribution in [0.3, 0.4) is 0 Å². The summed E-state index contributed by atoms with van der Waals surface area (Å²) < 4.78 is 16.2. The molecular weight excluding hydrogens is 358 g/mol. The van der Waals surface area contributed by atoms with Crippen molar-refractivity contribution in [2.45, 2.75) is 18.9 Å². The van der Waals surface area contributed by atoms with E-state index in [1.165, 1.54) is 0 Å². The summed E-state index contributed by atoms with van der Waals surface area (Å²) in [6, 6.07) is 9.92. The molecule has 148 valence electrons. The molecule has 0 aliphatic carbocycles. The standard InChI is InChI=1S/C21H25N3O4/c25-21(6-4-16-3-5-19-20(12-16)28-15-27-19)23-14-18(17-2-1-7-22-13-17)24-8-10-26-11-9-24/h1-3,5,7,12-13,18H,4,6,8-11,14-15H2,(H,23,25). The Bertz CT molecular complexity index is 793. The SMILES string of the molecule is O=C(CCc1ccc2c(c1)OCO2)NCC(c1cccnc1)N1CCOCC1. The number of hydrogen-bond acceptors (Lipinski definition) is 6. The lowest BCUT2D eigenvalue weighted by Gasteiger charge is -2.34. The second-order valence-electron chi connectivity index (χ2n) is 6.94. The van der Waals surface area contributed by atoms with Crippen LogP contribution in [0.1, 0.15) is 23.6 Å². The quantitative estimate of drug-likeness (QED) is 0.788. The minimum atomic E-state index is 0.0415. The van der Waals surface area contributed by atoms with Gasteiger partial charge in [-0.2, -0.15) is 0 Å². The number of nitrogens with zero attached hydrogens (tertiary/aromatic N) is 2. The molecule has 1 fully saturated rings. The highest BCUT2D eigenvalue weighted by Crippen LogP contribution is 2.32. The van der Waals surface area contributed by atoms with Crippen LogP contribution < -0.4 is 14.8 Å². The number of nitrogens with one attached hydrogen (secondary N) is 1. The predicted octanol–water partition coefficient (Wildman–Crippen LogP) is 1.93. The van der Waals surface area contributed by atoms with E-state index in [0.29, 0.717) is 19.4 Å². The molecule has 0 spiro atoms. The zero-order valence-corrected chi connectivity index (χ0v) is 15.8. The number of aryl methyl sites for hydroxylation is 1. The molecule has 1 aromatic carbocycles. The Morgan fingerprint density at radius 1 is 1.18 bits per heavy atom. The minimum absolute atomic E-state index is 0.0415. The van der Waals surface area contributed by atoms with E-state index in [0.717, 1.165) is 48.9 Å². The fourth-order valence-electron chi connectivity index (χ4n) is 3.57. The van der Waals surface area contributed by atoms with Crippen molar-refractivity contribution in [2.75, 3.05) is 39.6 Å². The van der Waals surface area contributed by atoms with Crippen LogP contribution in [-0.4, -0.2) is 55.4 Å². The summed E-state index contributed by atoms with van der Waals surface area (Å²) in [4.78, 5) is 19.0. The summed E-state index contributed by atoms with van der Waals surface area (Å²) in [5.74, 6) is 1.56. The summed E-state index contributed by atoms with van der Waals surface area (Å²) in [5.41, 5.74) is 2.18. The fourth-order valence-corrected chi connectivity index (χ4v) is 3.57. The van der Waals surface area contributed by atoms with Gasteiger partial charge in [0, 0.05) is 38.4 Å². The van der Waals surface area contributed by atoms with Gasteiger partial charge in [0.05, 0.1) is 19.3 Å². The number of amides is 1. The molecule has 1 saturated heterocycles. The smallest absolute Gasteiger partial charge is 0.231 e. The number of fused-ring (bicyclic) bond motifs is 1. The zero-order chi connectivity index (χ0) is 19.2. The molecule has 2 aliphatic heterocycles. The van der Waals surface area contributed by atoms with Crippen molar-refractivity contribution >= 4 is 5.91 Å². The molecule has 1 atom stereocenters. The van der Waals surface area contributed by atoms with E-state index in [9.17, 15) is 4.79 Å². The highest BCUT2D eigenvalue weighted by molar-refractivity contribution is 5.76. The van der Waals surface area contributed by atoms with E-state index in [1.54, 1.807) is 6.20 Å². The van der Waals surface area contributed by atoms with Gasteiger partial charge in [-0.25, -0.2) is 0 Å². The maximum Gasteiger partial charge on any atom is 0.231 e. The lowest BCUT2D eigenvalue weighted by molar-refractivity contribution is -0.121. The molecule has 1 N–H and O–H groups in total. The number of carbonyl (C=O) groups is 1. The molecule has 1 aromatic heterocycles. The minimum Gasteiger partial charge on any atom is -0.454 e. The lowest BCUT2D eigenvalue weighted by Crippen LogP contribution is -2.43. The van der Waals surface area contributed by atoms with E-state index < -0.39 is 0 Å². The maximum absolute atomic E-state index is 12.4. The Kier molecular flexibility index (Phi) is 6.04. The molecule has 0 radical (unpaired) electrons. The van der Waals surface area contributed by atoms with Crippen LogP contribution in [0.25, 0.3) is 0 Å². The van der Waals surface area contributed by atoms with Crippen LogP contribution in [0.2, 0.25) is 0 Å². The van der Waals surface area contributed by atoms with Crippen LogP contribution in [0.15, 0.2) is 42.7 Å². The number of aromatic nitrogens is 1. The van der Waals surface area contributed by atoms with Crippen LogP contribution in [0.5, 0.6) is 11.5 Å². The van der Waals surface area contributed by atoms with Crippen molar-refractivity contribution in [3.63, 3.8) is 0 Å². The fraction of sp³-hybridized carbons (Fsp3) is 0.429. The predicted molar refractivity (Wildman–Crippen MR) is 103 cm³/mol. The average molecular weight is 383 g/mol. The summed E-state index contributed by atoms with van der Waals surface area (Å²) in [5, 5.41) is 3.10. The third-order valence-electron chi connectivity index (χ3n) is 5.13. The van der Waals surface area contributed by atoms with Gasteiger partial charge in [0.25, 0.3) is 0 Å². The Labute approximate surface area is 164 Å². The number of hydrogen-bond donors (Lipinski definition) is 1. The van der Waals surface area contributed by atoms with Gasteiger partial charge in [0.15, 0.2) is 11.5 Å². The van der Waals surface area contributed by atoms with Crippen molar-refractivity contribution in [3.8, 4) is 11.5 Å². The highest BCUT2D eigenvalue weighted by atomic mass is 16.7. The van der Waals surface area contributed by atoms with E-state index >= 15 is 0 Å². The highest BCUT2D eigenvalue weighted by Gasteiger charge is 2.23. The molecule has 2 aromatic rings. The van der Waals surface area contributed by atoms with Gasteiger partial charge in [-0.3, -0.25) is 14.7 Å². The second-order valence-corrected chi connectivity index (χ2v) is 6.94. The van der Waals surface area contributed by atoms with E-state index in [1.807, 2.05) is 30.5 Å². The van der Waals surface area contributed by atoms with Gasteiger partial charge in [-0.1, -0.05) is 12.1 Å². The van der Waals surface area contributed by atoms with Crippen molar-refractivity contribution < 1.29 is 19.0 Å². The molecule has 0 saturated carbocycles. The molecule has 1 amide bonds. The van der Waals surface area contributed by atoms with Gasteiger partial charge in [0.1, 0.15) is 0 Å². The van der Waals surface area contributed by atoms with Crippen molar-refractivity contribution in [2.24, 2.45) is 0 Å². The van der Waals surface area contributed by atoms with Crippen molar-refractivity contribution in [1.29, 1.82) is 0 Å². The Morgan fingerprint density at radius 3 is 2.86 bits per heavy atom. The summed E-state index contributed by atoms with van der Waals surface area (Å²) in [6.07, 6.45) is 4.74. The van der Waals surface area contributed by atoms with Crippen molar-refractivity contribution in [1.82, 2.24) is 15.2 Å². The van der Waals surface area contributed by atoms with Gasteiger partial charge >= 0.3 is 0 Å². The number of carbonyl (C=O) groups excluding carboxylic acids is 1. The van der Waals surface area contributed by atoms with Crippen LogP contribution in [-0.2, 0) is 16.0 Å². The van der Waals surface area contributed by atoms with E-state index in [2.05, 4.69) is 21.3 Å². The normalized spacial score (nSPS) is 17.3.